The van der Waals surface area contributed by atoms with Crippen LogP contribution in [0.2, 0.25) is 0 Å². The van der Waals surface area contributed by atoms with Gasteiger partial charge < -0.3 is 19.9 Å². The minimum Gasteiger partial charge on any atom is -0.493 e. The lowest BCUT2D eigenvalue weighted by Gasteiger charge is -2.14. The van der Waals surface area contributed by atoms with Gasteiger partial charge in [0.2, 0.25) is 0 Å². The van der Waals surface area contributed by atoms with Gasteiger partial charge in [0.15, 0.2) is 11.5 Å². The van der Waals surface area contributed by atoms with E-state index < -0.39 is 6.10 Å². The predicted molar refractivity (Wildman–Crippen MR) is 99.0 cm³/mol. The zero-order valence-corrected chi connectivity index (χ0v) is 14.6. The van der Waals surface area contributed by atoms with Gasteiger partial charge >= 0.3 is 0 Å². The van der Waals surface area contributed by atoms with E-state index in [4.69, 9.17) is 9.47 Å². The third kappa shape index (κ3) is 5.89. The Morgan fingerprint density at radius 1 is 1.17 bits per heavy atom. The van der Waals surface area contributed by atoms with Gasteiger partial charge in [0.1, 0.15) is 6.61 Å². The molecule has 0 aromatic heterocycles. The van der Waals surface area contributed by atoms with Crippen LogP contribution in [-0.2, 0) is 6.54 Å². The van der Waals surface area contributed by atoms with Crippen molar-refractivity contribution in [2.45, 2.75) is 12.6 Å². The van der Waals surface area contributed by atoms with Crippen molar-refractivity contribution in [3.05, 3.63) is 72.3 Å². The van der Waals surface area contributed by atoms with Gasteiger partial charge in [-0.1, -0.05) is 49.1 Å². The van der Waals surface area contributed by atoms with Gasteiger partial charge in [-0.3, -0.25) is 0 Å². The number of halogens is 1. The molecular weight excluding hydrogens is 326 g/mol. The quantitative estimate of drug-likeness (QED) is 0.680. The summed E-state index contributed by atoms with van der Waals surface area (Å²) in [6, 6.07) is 15.4. The van der Waals surface area contributed by atoms with Crippen LogP contribution in [0, 0.1) is 0 Å². The van der Waals surface area contributed by atoms with Crippen molar-refractivity contribution in [3.8, 4) is 11.5 Å². The van der Waals surface area contributed by atoms with Crippen molar-refractivity contribution in [2.24, 2.45) is 0 Å². The summed E-state index contributed by atoms with van der Waals surface area (Å²) in [4.78, 5) is 0. The van der Waals surface area contributed by atoms with Gasteiger partial charge in [0.05, 0.1) is 13.2 Å². The molecule has 2 rings (SSSR count). The van der Waals surface area contributed by atoms with Crippen LogP contribution in [-0.4, -0.2) is 25.4 Å². The van der Waals surface area contributed by atoms with Crippen molar-refractivity contribution in [1.82, 2.24) is 5.32 Å². The lowest BCUT2D eigenvalue weighted by atomic mass is 10.1. The normalized spacial score (nSPS) is 11.2. The lowest BCUT2D eigenvalue weighted by molar-refractivity contribution is 0.174. The Bertz CT molecular complexity index is 619. The third-order valence-corrected chi connectivity index (χ3v) is 3.44. The van der Waals surface area contributed by atoms with Crippen LogP contribution < -0.4 is 14.8 Å². The van der Waals surface area contributed by atoms with E-state index in [1.54, 1.807) is 13.2 Å². The average Bonchev–Trinajstić information content (AvgIpc) is 2.61. The summed E-state index contributed by atoms with van der Waals surface area (Å²) in [5.74, 6) is 1.38. The maximum atomic E-state index is 10.1. The van der Waals surface area contributed by atoms with E-state index >= 15 is 0 Å². The van der Waals surface area contributed by atoms with E-state index in [0.29, 0.717) is 31.2 Å². The fraction of sp³-hybridized carbons (Fsp3) is 0.263. The van der Waals surface area contributed by atoms with Gasteiger partial charge in [0, 0.05) is 13.1 Å². The molecule has 0 spiro atoms. The first-order valence-corrected chi connectivity index (χ1v) is 7.59. The molecule has 4 nitrogen and oxygen atoms in total. The molecule has 0 aliphatic carbocycles. The van der Waals surface area contributed by atoms with E-state index in [1.165, 1.54) is 0 Å². The lowest BCUT2D eigenvalue weighted by Crippen LogP contribution is -2.21. The fourth-order valence-corrected chi connectivity index (χ4v) is 2.24. The first kappa shape index (κ1) is 20.0. The van der Waals surface area contributed by atoms with Crippen LogP contribution in [0.15, 0.2) is 61.2 Å². The predicted octanol–water partition coefficient (Wildman–Crippen LogP) is 3.51. The molecule has 2 aromatic rings. The number of hydrogen-bond acceptors (Lipinski definition) is 4. The second-order valence-corrected chi connectivity index (χ2v) is 5.14. The van der Waals surface area contributed by atoms with E-state index in [-0.39, 0.29) is 12.4 Å². The minimum absolute atomic E-state index is 0. The highest BCUT2D eigenvalue weighted by molar-refractivity contribution is 5.85. The Balaban J connectivity index is 0.00000288. The van der Waals surface area contributed by atoms with Crippen molar-refractivity contribution < 1.29 is 14.6 Å². The molecule has 5 heteroatoms. The molecule has 0 bridgehead atoms. The van der Waals surface area contributed by atoms with Gasteiger partial charge in [0.25, 0.3) is 0 Å². The zero-order valence-electron chi connectivity index (χ0n) is 13.8. The third-order valence-electron chi connectivity index (χ3n) is 3.44. The number of rotatable bonds is 9. The molecule has 1 unspecified atom stereocenters. The van der Waals surface area contributed by atoms with Crippen LogP contribution in [0.25, 0.3) is 0 Å². The monoisotopic (exact) mass is 349 g/mol. The molecule has 0 amide bonds. The number of hydrogen-bond donors (Lipinski definition) is 2. The first-order valence-electron chi connectivity index (χ1n) is 7.59. The Labute approximate surface area is 149 Å². The Morgan fingerprint density at radius 3 is 2.58 bits per heavy atom. The molecule has 130 valence electrons. The number of methoxy groups -OCH3 is 1. The van der Waals surface area contributed by atoms with Gasteiger partial charge in [-0.15, -0.1) is 12.4 Å². The maximum Gasteiger partial charge on any atom is 0.161 e. The smallest absolute Gasteiger partial charge is 0.161 e. The molecule has 2 aromatic carbocycles. The summed E-state index contributed by atoms with van der Waals surface area (Å²) in [7, 11) is 1.62. The fourth-order valence-electron chi connectivity index (χ4n) is 2.24. The molecule has 0 heterocycles. The van der Waals surface area contributed by atoms with Crippen LogP contribution >= 0.6 is 12.4 Å². The van der Waals surface area contributed by atoms with Crippen LogP contribution in [0.1, 0.15) is 17.2 Å². The molecule has 0 aliphatic rings. The summed E-state index contributed by atoms with van der Waals surface area (Å²) in [5, 5.41) is 13.4. The minimum atomic E-state index is -0.520. The number of aliphatic hydroxyl groups is 1. The number of benzene rings is 2. The summed E-state index contributed by atoms with van der Waals surface area (Å²) >= 11 is 0. The molecule has 0 radical (unpaired) electrons. The molecule has 2 N–H and O–H groups in total. The highest BCUT2D eigenvalue weighted by Gasteiger charge is 2.08. The molecule has 1 atom stereocenters. The average molecular weight is 350 g/mol. The molecule has 0 aliphatic heterocycles. The van der Waals surface area contributed by atoms with E-state index in [1.807, 2.05) is 48.5 Å². The molecule has 24 heavy (non-hydrogen) atoms. The summed E-state index contributed by atoms with van der Waals surface area (Å²) in [6.07, 6.45) is 1.17. The van der Waals surface area contributed by atoms with E-state index in [0.717, 1.165) is 11.1 Å². The summed E-state index contributed by atoms with van der Waals surface area (Å²) < 4.78 is 10.9. The Kier molecular flexibility index (Phi) is 8.94. The second kappa shape index (κ2) is 10.7. The van der Waals surface area contributed by atoms with Crippen LogP contribution in [0.3, 0.4) is 0 Å². The Morgan fingerprint density at radius 2 is 1.92 bits per heavy atom. The number of aliphatic hydroxyl groups excluding tert-OH is 1. The van der Waals surface area contributed by atoms with Crippen molar-refractivity contribution in [3.63, 3.8) is 0 Å². The van der Waals surface area contributed by atoms with Crippen LogP contribution in [0.5, 0.6) is 11.5 Å². The van der Waals surface area contributed by atoms with E-state index in [9.17, 15) is 5.11 Å². The van der Waals surface area contributed by atoms with Gasteiger partial charge in [-0.05, 0) is 23.3 Å². The Hall–Kier alpha value is -2.01. The summed E-state index contributed by atoms with van der Waals surface area (Å²) in [6.45, 7) is 5.20. The van der Waals surface area contributed by atoms with E-state index in [2.05, 4.69) is 11.9 Å². The van der Waals surface area contributed by atoms with Gasteiger partial charge in [-0.25, -0.2) is 0 Å². The molecule has 0 fully saturated rings. The maximum absolute atomic E-state index is 10.1. The molecular formula is C19H24ClNO3. The SMILES string of the molecule is C=CCOc1ccc(CNCC(O)c2ccccc2)cc1OC.Cl. The number of nitrogens with one attached hydrogen (secondary N) is 1. The second-order valence-electron chi connectivity index (χ2n) is 5.14. The van der Waals surface area contributed by atoms with Crippen molar-refractivity contribution >= 4 is 12.4 Å². The molecule has 0 saturated heterocycles. The first-order chi connectivity index (χ1) is 11.2. The number of ether oxygens (including phenoxy) is 2. The summed E-state index contributed by atoms with van der Waals surface area (Å²) in [5.41, 5.74) is 1.97. The largest absolute Gasteiger partial charge is 0.493 e. The topological polar surface area (TPSA) is 50.7 Å². The van der Waals surface area contributed by atoms with Crippen molar-refractivity contribution in [2.75, 3.05) is 20.3 Å². The van der Waals surface area contributed by atoms with Crippen LogP contribution in [0.4, 0.5) is 0 Å². The highest BCUT2D eigenvalue weighted by Crippen LogP contribution is 2.28. The van der Waals surface area contributed by atoms with Gasteiger partial charge in [-0.2, -0.15) is 0 Å². The highest BCUT2D eigenvalue weighted by atomic mass is 35.5. The zero-order chi connectivity index (χ0) is 16.5. The van der Waals surface area contributed by atoms with Crippen molar-refractivity contribution in [1.29, 1.82) is 0 Å². The standard InChI is InChI=1S/C19H23NO3.ClH/c1-3-11-23-18-10-9-15(12-19(18)22-2)13-20-14-17(21)16-7-5-4-6-8-16;/h3-10,12,17,20-21H,1,11,13-14H2,2H3;1H. The molecule has 0 saturated carbocycles.